The van der Waals surface area contributed by atoms with E-state index in [1.807, 2.05) is 44.2 Å². The number of rotatable bonds is 6. The van der Waals surface area contributed by atoms with Crippen LogP contribution in [0.4, 0.5) is 0 Å². The minimum absolute atomic E-state index is 0.0517. The average Bonchev–Trinajstić information content (AvgIpc) is 2.59. The van der Waals surface area contributed by atoms with E-state index in [-0.39, 0.29) is 18.0 Å². The number of benzene rings is 1. The largest absolute Gasteiger partial charge is 0.391 e. The summed E-state index contributed by atoms with van der Waals surface area (Å²) in [5, 5.41) is 12.6. The third-order valence-corrected chi connectivity index (χ3v) is 4.34. The van der Waals surface area contributed by atoms with Crippen molar-refractivity contribution in [2.24, 2.45) is 5.92 Å². The molecule has 1 aromatic heterocycles. The van der Waals surface area contributed by atoms with Crippen LogP contribution in [0.3, 0.4) is 0 Å². The van der Waals surface area contributed by atoms with E-state index < -0.39 is 17.6 Å². The monoisotopic (exact) mass is 328 g/mol. The number of aliphatic hydroxyl groups is 1. The first-order valence-corrected chi connectivity index (χ1v) is 8.19. The first-order chi connectivity index (χ1) is 11.4. The van der Waals surface area contributed by atoms with Crippen LogP contribution in [0.25, 0.3) is 11.1 Å². The Labute approximate surface area is 141 Å². The molecule has 5 heteroatoms. The van der Waals surface area contributed by atoms with Crippen LogP contribution in [0, 0.1) is 12.8 Å². The minimum Gasteiger partial charge on any atom is -0.391 e. The van der Waals surface area contributed by atoms with Gasteiger partial charge in [-0.2, -0.15) is 0 Å². The highest BCUT2D eigenvalue weighted by Gasteiger charge is 2.17. The summed E-state index contributed by atoms with van der Waals surface area (Å²) in [6, 6.07) is 11.2. The van der Waals surface area contributed by atoms with Gasteiger partial charge in [-0.15, -0.1) is 0 Å². The summed E-state index contributed by atoms with van der Waals surface area (Å²) in [6.45, 7) is 5.83. The highest BCUT2D eigenvalue weighted by molar-refractivity contribution is 5.95. The van der Waals surface area contributed by atoms with Crippen LogP contribution in [0.1, 0.15) is 36.3 Å². The van der Waals surface area contributed by atoms with E-state index in [1.54, 1.807) is 13.0 Å². The van der Waals surface area contributed by atoms with Gasteiger partial charge in [0.15, 0.2) is 0 Å². The first kappa shape index (κ1) is 17.9. The number of hydrogen-bond acceptors (Lipinski definition) is 3. The standard InChI is InChI=1S/C19H24N2O3/c1-4-12(2)17(22)11-20-18(23)16-10-15(13(3)21-19(16)24)14-8-6-5-7-9-14/h5-10,12,17,22H,4,11H2,1-3H3,(H,20,23)(H,21,24). The van der Waals surface area contributed by atoms with E-state index >= 15 is 0 Å². The predicted octanol–water partition coefficient (Wildman–Crippen LogP) is 2.49. The zero-order valence-corrected chi connectivity index (χ0v) is 14.3. The van der Waals surface area contributed by atoms with Crippen molar-refractivity contribution < 1.29 is 9.90 Å². The molecule has 0 spiro atoms. The third-order valence-electron chi connectivity index (χ3n) is 4.34. The van der Waals surface area contributed by atoms with Gasteiger partial charge in [-0.25, -0.2) is 0 Å². The molecule has 2 unspecified atom stereocenters. The van der Waals surface area contributed by atoms with Crippen LogP contribution < -0.4 is 10.9 Å². The van der Waals surface area contributed by atoms with Crippen LogP contribution in [0.5, 0.6) is 0 Å². The number of pyridine rings is 1. The summed E-state index contributed by atoms with van der Waals surface area (Å²) in [4.78, 5) is 27.2. The van der Waals surface area contributed by atoms with E-state index in [4.69, 9.17) is 0 Å². The van der Waals surface area contributed by atoms with E-state index in [0.29, 0.717) is 5.69 Å². The molecule has 2 rings (SSSR count). The molecule has 5 nitrogen and oxygen atoms in total. The number of aromatic nitrogens is 1. The number of H-pyrrole nitrogens is 1. The predicted molar refractivity (Wildman–Crippen MR) is 95.0 cm³/mol. The van der Waals surface area contributed by atoms with E-state index in [9.17, 15) is 14.7 Å². The molecule has 2 aromatic rings. The smallest absolute Gasteiger partial charge is 0.261 e. The number of nitrogens with one attached hydrogen (secondary N) is 2. The molecule has 24 heavy (non-hydrogen) atoms. The van der Waals surface area contributed by atoms with Gasteiger partial charge in [-0.05, 0) is 24.5 Å². The highest BCUT2D eigenvalue weighted by atomic mass is 16.3. The number of aromatic amines is 1. The summed E-state index contributed by atoms with van der Waals surface area (Å²) in [6.07, 6.45) is 0.192. The maximum absolute atomic E-state index is 12.3. The normalized spacial score (nSPS) is 13.3. The van der Waals surface area contributed by atoms with Crippen molar-refractivity contribution in [3.05, 3.63) is 58.0 Å². The number of aliphatic hydroxyl groups excluding tert-OH is 1. The summed E-state index contributed by atoms with van der Waals surface area (Å²) in [7, 11) is 0. The molecule has 3 N–H and O–H groups in total. The Morgan fingerprint density at radius 3 is 2.58 bits per heavy atom. The molecule has 128 valence electrons. The zero-order valence-electron chi connectivity index (χ0n) is 14.3. The van der Waals surface area contributed by atoms with Crippen LogP contribution in [-0.2, 0) is 0 Å². The molecule has 2 atom stereocenters. The van der Waals surface area contributed by atoms with Crippen molar-refractivity contribution in [3.63, 3.8) is 0 Å². The van der Waals surface area contributed by atoms with Crippen LogP contribution in [0.15, 0.2) is 41.2 Å². The molecule has 0 aliphatic carbocycles. The number of aryl methyl sites for hydroxylation is 1. The number of amides is 1. The summed E-state index contributed by atoms with van der Waals surface area (Å²) < 4.78 is 0. The van der Waals surface area contributed by atoms with Gasteiger partial charge in [0.05, 0.1) is 6.10 Å². The fourth-order valence-corrected chi connectivity index (χ4v) is 2.48. The van der Waals surface area contributed by atoms with Gasteiger partial charge in [0.25, 0.3) is 11.5 Å². The molecule has 0 radical (unpaired) electrons. The molecule has 0 aliphatic rings. The molecule has 0 saturated carbocycles. The SMILES string of the molecule is CCC(C)C(O)CNC(=O)c1cc(-c2ccccc2)c(C)[nH]c1=O. The van der Waals surface area contributed by atoms with Gasteiger partial charge in [0, 0.05) is 17.8 Å². The Bertz CT molecular complexity index is 753. The van der Waals surface area contributed by atoms with E-state index in [1.165, 1.54) is 0 Å². The van der Waals surface area contributed by atoms with Crippen LogP contribution in [-0.4, -0.2) is 28.6 Å². The van der Waals surface area contributed by atoms with Gasteiger partial charge >= 0.3 is 0 Å². The Kier molecular flexibility index (Phi) is 5.93. The average molecular weight is 328 g/mol. The lowest BCUT2D eigenvalue weighted by Gasteiger charge is -2.17. The van der Waals surface area contributed by atoms with Crippen molar-refractivity contribution in [2.45, 2.75) is 33.3 Å². The minimum atomic E-state index is -0.628. The van der Waals surface area contributed by atoms with Gasteiger partial charge in [0.2, 0.25) is 0 Å². The topological polar surface area (TPSA) is 82.2 Å². The number of carbonyl (C=O) groups is 1. The molecule has 1 heterocycles. The van der Waals surface area contributed by atoms with E-state index in [0.717, 1.165) is 17.5 Å². The number of carbonyl (C=O) groups excluding carboxylic acids is 1. The molecule has 1 aromatic carbocycles. The summed E-state index contributed by atoms with van der Waals surface area (Å²) >= 11 is 0. The van der Waals surface area contributed by atoms with Crippen molar-refractivity contribution in [2.75, 3.05) is 6.54 Å². The molecule has 0 fully saturated rings. The van der Waals surface area contributed by atoms with Gasteiger partial charge in [0.1, 0.15) is 5.56 Å². The van der Waals surface area contributed by atoms with Gasteiger partial charge in [-0.3, -0.25) is 9.59 Å². The van der Waals surface area contributed by atoms with Crippen LogP contribution in [0.2, 0.25) is 0 Å². The van der Waals surface area contributed by atoms with Crippen molar-refractivity contribution in [3.8, 4) is 11.1 Å². The Morgan fingerprint density at radius 1 is 1.29 bits per heavy atom. The summed E-state index contributed by atoms with van der Waals surface area (Å²) in [5.74, 6) is -0.391. The Hall–Kier alpha value is -2.40. The highest BCUT2D eigenvalue weighted by Crippen LogP contribution is 2.21. The lowest BCUT2D eigenvalue weighted by atomic mass is 10.0. The second-order valence-electron chi connectivity index (χ2n) is 6.08. The molecular weight excluding hydrogens is 304 g/mol. The Balaban J connectivity index is 2.24. The molecule has 0 aliphatic heterocycles. The first-order valence-electron chi connectivity index (χ1n) is 8.19. The third kappa shape index (κ3) is 4.11. The van der Waals surface area contributed by atoms with Crippen molar-refractivity contribution in [1.29, 1.82) is 0 Å². The quantitative estimate of drug-likeness (QED) is 0.762. The maximum atomic E-state index is 12.3. The zero-order chi connectivity index (χ0) is 17.7. The molecule has 1 amide bonds. The molecular formula is C19H24N2O3. The molecule has 0 saturated heterocycles. The van der Waals surface area contributed by atoms with Gasteiger partial charge in [-0.1, -0.05) is 50.6 Å². The van der Waals surface area contributed by atoms with E-state index in [2.05, 4.69) is 10.3 Å². The lowest BCUT2D eigenvalue weighted by Crippen LogP contribution is -2.37. The fraction of sp³-hybridized carbons (Fsp3) is 0.368. The van der Waals surface area contributed by atoms with Gasteiger partial charge < -0.3 is 15.4 Å². The second kappa shape index (κ2) is 7.93. The number of hydrogen-bond donors (Lipinski definition) is 3. The van der Waals surface area contributed by atoms with Crippen LogP contribution >= 0.6 is 0 Å². The second-order valence-corrected chi connectivity index (χ2v) is 6.08. The lowest BCUT2D eigenvalue weighted by molar-refractivity contribution is 0.0849. The fourth-order valence-electron chi connectivity index (χ4n) is 2.48. The van der Waals surface area contributed by atoms with Crippen molar-refractivity contribution >= 4 is 5.91 Å². The Morgan fingerprint density at radius 2 is 1.96 bits per heavy atom. The maximum Gasteiger partial charge on any atom is 0.261 e. The summed E-state index contributed by atoms with van der Waals surface area (Å²) in [5.41, 5.74) is 2.07. The van der Waals surface area contributed by atoms with Crippen molar-refractivity contribution in [1.82, 2.24) is 10.3 Å². The molecule has 0 bridgehead atoms.